The molecule has 2 aliphatic rings. The molecule has 0 radical (unpaired) electrons. The van der Waals surface area contributed by atoms with Gasteiger partial charge >= 0.3 is 0 Å². The zero-order valence-corrected chi connectivity index (χ0v) is 18.8. The predicted octanol–water partition coefficient (Wildman–Crippen LogP) is 4.23. The Morgan fingerprint density at radius 3 is 2.81 bits per heavy atom. The summed E-state index contributed by atoms with van der Waals surface area (Å²) in [7, 11) is 0. The van der Waals surface area contributed by atoms with Crippen molar-refractivity contribution < 1.29 is 23.7 Å². The molecule has 1 unspecified atom stereocenters. The van der Waals surface area contributed by atoms with Crippen LogP contribution in [0, 0.1) is 11.3 Å². The van der Waals surface area contributed by atoms with E-state index in [0.29, 0.717) is 47.9 Å². The lowest BCUT2D eigenvalue weighted by molar-refractivity contribution is -0.134. The normalized spacial score (nSPS) is 17.2. The van der Waals surface area contributed by atoms with Crippen molar-refractivity contribution in [3.8, 4) is 29.1 Å². The molecule has 31 heavy (non-hydrogen) atoms. The van der Waals surface area contributed by atoms with Gasteiger partial charge in [0.05, 0.1) is 28.8 Å². The summed E-state index contributed by atoms with van der Waals surface area (Å²) in [6.45, 7) is 3.90. The summed E-state index contributed by atoms with van der Waals surface area (Å²) in [4.78, 5) is 14.9. The second kappa shape index (κ2) is 9.48. The van der Waals surface area contributed by atoms with Gasteiger partial charge < -0.3 is 23.8 Å². The van der Waals surface area contributed by atoms with Crippen LogP contribution in [0.15, 0.2) is 34.8 Å². The molecule has 7 nitrogen and oxygen atoms in total. The fourth-order valence-electron chi connectivity index (χ4n) is 3.93. The lowest BCUT2D eigenvalue weighted by Gasteiger charge is -2.27. The molecule has 1 amide bonds. The van der Waals surface area contributed by atoms with Crippen molar-refractivity contribution in [3.05, 3.63) is 45.9 Å². The van der Waals surface area contributed by atoms with E-state index in [9.17, 15) is 10.1 Å². The highest BCUT2D eigenvalue weighted by Crippen LogP contribution is 2.39. The average Bonchev–Trinajstić information content (AvgIpc) is 3.28. The molecule has 0 saturated carbocycles. The van der Waals surface area contributed by atoms with Gasteiger partial charge in [-0.2, -0.15) is 5.26 Å². The molecule has 8 heteroatoms. The third kappa shape index (κ3) is 4.57. The number of nitriles is 1. The molecule has 2 aliphatic heterocycles. The van der Waals surface area contributed by atoms with Gasteiger partial charge in [0.15, 0.2) is 29.6 Å². The van der Waals surface area contributed by atoms with Gasteiger partial charge in [0, 0.05) is 12.6 Å². The number of likely N-dealkylation sites (tertiary alicyclic amines) is 1. The molecule has 162 valence electrons. The molecule has 2 heterocycles. The van der Waals surface area contributed by atoms with Gasteiger partial charge in [0.1, 0.15) is 13.2 Å². The Bertz CT molecular complexity index is 1020. The summed E-state index contributed by atoms with van der Waals surface area (Å²) in [6.07, 6.45) is 1.81. The smallest absolute Gasteiger partial charge is 0.261 e. The maximum atomic E-state index is 13.0. The van der Waals surface area contributed by atoms with E-state index >= 15 is 0 Å². The third-order valence-electron chi connectivity index (χ3n) is 5.30. The number of nitrogens with zero attached hydrogens (tertiary/aromatic N) is 2. The monoisotopic (exact) mass is 486 g/mol. The lowest BCUT2D eigenvalue weighted by Crippen LogP contribution is -2.34. The Morgan fingerprint density at radius 1 is 1.23 bits per heavy atom. The SMILES string of the molecule is CCOc1cc(C#N)cc(Br)c1OCC(=O)N1CCCC1c1ccc2c(c1)OCCO2. The first-order valence-electron chi connectivity index (χ1n) is 10.3. The molecular formula is C23H23BrN2O5. The quantitative estimate of drug-likeness (QED) is 0.607. The van der Waals surface area contributed by atoms with Gasteiger partial charge in [-0.15, -0.1) is 0 Å². The van der Waals surface area contributed by atoms with Crippen LogP contribution < -0.4 is 18.9 Å². The van der Waals surface area contributed by atoms with Gasteiger partial charge in [0.25, 0.3) is 5.91 Å². The maximum absolute atomic E-state index is 13.0. The molecule has 0 bridgehead atoms. The number of rotatable bonds is 6. The Hall–Kier alpha value is -2.92. The number of benzene rings is 2. The highest BCUT2D eigenvalue weighted by Gasteiger charge is 2.31. The van der Waals surface area contributed by atoms with Crippen LogP contribution in [-0.2, 0) is 4.79 Å². The molecule has 1 fully saturated rings. The molecule has 0 aliphatic carbocycles. The first-order valence-corrected chi connectivity index (χ1v) is 11.1. The Kier molecular flexibility index (Phi) is 6.52. The lowest BCUT2D eigenvalue weighted by atomic mass is 10.0. The van der Waals surface area contributed by atoms with Crippen LogP contribution in [0.4, 0.5) is 0 Å². The fourth-order valence-corrected chi connectivity index (χ4v) is 4.49. The summed E-state index contributed by atoms with van der Waals surface area (Å²) >= 11 is 3.42. The second-order valence-electron chi connectivity index (χ2n) is 7.27. The molecule has 1 atom stereocenters. The van der Waals surface area contributed by atoms with Gasteiger partial charge in [-0.05, 0) is 59.5 Å². The van der Waals surface area contributed by atoms with Gasteiger partial charge in [-0.3, -0.25) is 4.79 Å². The maximum Gasteiger partial charge on any atom is 0.261 e. The van der Waals surface area contributed by atoms with Crippen molar-refractivity contribution in [2.24, 2.45) is 0 Å². The molecule has 2 aromatic rings. The standard InChI is InChI=1S/C23H23BrN2O5/c1-2-28-21-11-15(13-25)10-17(24)23(21)31-14-22(27)26-7-3-4-18(26)16-5-6-19-20(12-16)30-9-8-29-19/h5-6,10-12,18H,2-4,7-9,14H2,1H3. The first-order chi connectivity index (χ1) is 15.1. The molecule has 1 saturated heterocycles. The predicted molar refractivity (Wildman–Crippen MR) is 117 cm³/mol. The van der Waals surface area contributed by atoms with E-state index in [4.69, 9.17) is 18.9 Å². The van der Waals surface area contributed by atoms with E-state index in [1.807, 2.05) is 30.0 Å². The van der Waals surface area contributed by atoms with E-state index in [0.717, 1.165) is 29.9 Å². The van der Waals surface area contributed by atoms with Gasteiger partial charge in [-0.1, -0.05) is 6.07 Å². The number of ether oxygens (including phenoxy) is 4. The number of fused-ring (bicyclic) bond motifs is 1. The van der Waals surface area contributed by atoms with E-state index < -0.39 is 0 Å². The zero-order chi connectivity index (χ0) is 21.8. The minimum Gasteiger partial charge on any atom is -0.490 e. The Balaban J connectivity index is 1.48. The summed E-state index contributed by atoms with van der Waals surface area (Å²) < 4.78 is 23.3. The number of amides is 1. The average molecular weight is 487 g/mol. The number of hydrogen-bond donors (Lipinski definition) is 0. The van der Waals surface area contributed by atoms with Crippen LogP contribution in [0.2, 0.25) is 0 Å². The minimum atomic E-state index is -0.119. The molecule has 2 aromatic carbocycles. The molecule has 0 N–H and O–H groups in total. The zero-order valence-electron chi connectivity index (χ0n) is 17.2. The van der Waals surface area contributed by atoms with Crippen molar-refractivity contribution in [2.45, 2.75) is 25.8 Å². The van der Waals surface area contributed by atoms with Crippen LogP contribution in [-0.4, -0.2) is 43.8 Å². The van der Waals surface area contributed by atoms with E-state index in [1.165, 1.54) is 0 Å². The van der Waals surface area contributed by atoms with Crippen LogP contribution in [0.1, 0.15) is 36.9 Å². The number of carbonyl (C=O) groups is 1. The third-order valence-corrected chi connectivity index (χ3v) is 5.89. The van der Waals surface area contributed by atoms with Crippen LogP contribution >= 0.6 is 15.9 Å². The van der Waals surface area contributed by atoms with E-state index in [2.05, 4.69) is 22.0 Å². The summed E-state index contributed by atoms with van der Waals surface area (Å²) in [5.41, 5.74) is 1.48. The molecular weight excluding hydrogens is 464 g/mol. The first kappa shape index (κ1) is 21.3. The topological polar surface area (TPSA) is 81.0 Å². The summed E-state index contributed by atoms with van der Waals surface area (Å²) in [6, 6.07) is 11.2. The van der Waals surface area contributed by atoms with Crippen molar-refractivity contribution in [2.75, 3.05) is 33.0 Å². The van der Waals surface area contributed by atoms with Crippen molar-refractivity contribution >= 4 is 21.8 Å². The minimum absolute atomic E-state index is 0.0253. The number of halogens is 1. The molecule has 4 rings (SSSR count). The summed E-state index contributed by atoms with van der Waals surface area (Å²) in [5.74, 6) is 2.22. The van der Waals surface area contributed by atoms with Crippen LogP contribution in [0.5, 0.6) is 23.0 Å². The van der Waals surface area contributed by atoms with E-state index in [-0.39, 0.29) is 18.6 Å². The largest absolute Gasteiger partial charge is 0.490 e. The van der Waals surface area contributed by atoms with Gasteiger partial charge in [0.2, 0.25) is 0 Å². The van der Waals surface area contributed by atoms with Crippen molar-refractivity contribution in [3.63, 3.8) is 0 Å². The molecule has 0 spiro atoms. The van der Waals surface area contributed by atoms with Crippen LogP contribution in [0.25, 0.3) is 0 Å². The summed E-state index contributed by atoms with van der Waals surface area (Å²) in [5, 5.41) is 9.17. The van der Waals surface area contributed by atoms with Crippen LogP contribution in [0.3, 0.4) is 0 Å². The molecule has 0 aromatic heterocycles. The Morgan fingerprint density at radius 2 is 2.03 bits per heavy atom. The van der Waals surface area contributed by atoms with E-state index in [1.54, 1.807) is 12.1 Å². The highest BCUT2D eigenvalue weighted by molar-refractivity contribution is 9.10. The Labute approximate surface area is 189 Å². The van der Waals surface area contributed by atoms with Crippen molar-refractivity contribution in [1.82, 2.24) is 4.90 Å². The second-order valence-corrected chi connectivity index (χ2v) is 8.12. The number of hydrogen-bond acceptors (Lipinski definition) is 6. The fraction of sp³-hybridized carbons (Fsp3) is 0.391. The van der Waals surface area contributed by atoms with Crippen molar-refractivity contribution in [1.29, 1.82) is 5.26 Å². The number of carbonyl (C=O) groups excluding carboxylic acids is 1. The highest BCUT2D eigenvalue weighted by atomic mass is 79.9. The van der Waals surface area contributed by atoms with Gasteiger partial charge in [-0.25, -0.2) is 0 Å².